The summed E-state index contributed by atoms with van der Waals surface area (Å²) < 4.78 is 14.2. The molecule has 0 aromatic heterocycles. The van der Waals surface area contributed by atoms with Crippen LogP contribution in [0.25, 0.3) is 0 Å². The van der Waals surface area contributed by atoms with E-state index in [0.29, 0.717) is 42.1 Å². The first-order valence-electron chi connectivity index (χ1n) is 10.1. The highest BCUT2D eigenvalue weighted by Crippen LogP contribution is 2.68. The van der Waals surface area contributed by atoms with Gasteiger partial charge in [-0.3, -0.25) is 0 Å². The topological polar surface area (TPSA) is 102 Å². The Labute approximate surface area is 173 Å². The van der Waals surface area contributed by atoms with E-state index in [9.17, 15) is 9.59 Å². The van der Waals surface area contributed by atoms with E-state index in [2.05, 4.69) is 32.1 Å². The maximum atomic E-state index is 10.9. The lowest BCUT2D eigenvalue weighted by atomic mass is 9.66. The van der Waals surface area contributed by atoms with Gasteiger partial charge in [0, 0.05) is 5.57 Å². The molecule has 7 nitrogen and oxygen atoms in total. The van der Waals surface area contributed by atoms with Crippen LogP contribution in [0.4, 0.5) is 4.79 Å². The van der Waals surface area contributed by atoms with Gasteiger partial charge in [0.25, 0.3) is 0 Å². The molecule has 0 heterocycles. The molecule has 0 spiro atoms. The summed E-state index contributed by atoms with van der Waals surface area (Å²) in [5.41, 5.74) is 1.18. The van der Waals surface area contributed by atoms with Gasteiger partial charge >= 0.3 is 12.1 Å². The summed E-state index contributed by atoms with van der Waals surface area (Å²) in [7, 11) is 0. The number of carboxylic acid groups (broad SMARTS) is 2. The van der Waals surface area contributed by atoms with Gasteiger partial charge in [0.15, 0.2) is 0 Å². The molecule has 0 aromatic carbocycles. The quantitative estimate of drug-likeness (QED) is 0.237. The van der Waals surface area contributed by atoms with Crippen molar-refractivity contribution < 1.29 is 34.0 Å². The van der Waals surface area contributed by atoms with Crippen molar-refractivity contribution in [2.45, 2.75) is 47.0 Å². The van der Waals surface area contributed by atoms with Crippen molar-refractivity contribution in [3.05, 3.63) is 24.3 Å². The maximum Gasteiger partial charge on any atom is 0.505 e. The largest absolute Gasteiger partial charge is 0.505 e. The number of allylic oxidation sites excluding steroid dienone is 1. The third-order valence-electron chi connectivity index (χ3n) is 6.71. The summed E-state index contributed by atoms with van der Waals surface area (Å²) in [5.74, 6) is 0.460. The fourth-order valence-electron chi connectivity index (χ4n) is 4.47. The van der Waals surface area contributed by atoms with E-state index in [-0.39, 0.29) is 13.2 Å². The molecule has 2 bridgehead atoms. The molecule has 7 heteroatoms. The molecule has 0 radical (unpaired) electrons. The third kappa shape index (κ3) is 6.85. The van der Waals surface area contributed by atoms with Crippen LogP contribution >= 0.6 is 0 Å². The molecule has 2 aliphatic carbocycles. The third-order valence-corrected chi connectivity index (χ3v) is 6.71. The second kappa shape index (κ2) is 11.4. The monoisotopic (exact) mass is 412 g/mol. The van der Waals surface area contributed by atoms with Crippen LogP contribution in [0.3, 0.4) is 0 Å². The van der Waals surface area contributed by atoms with Crippen LogP contribution in [-0.2, 0) is 19.0 Å². The van der Waals surface area contributed by atoms with Gasteiger partial charge in [-0.2, -0.15) is 0 Å². The van der Waals surface area contributed by atoms with Crippen LogP contribution in [0.15, 0.2) is 24.3 Å². The van der Waals surface area contributed by atoms with E-state index in [0.717, 1.165) is 5.92 Å². The summed E-state index contributed by atoms with van der Waals surface area (Å²) in [4.78, 5) is 20.8. The molecular formula is C22H36O7. The van der Waals surface area contributed by atoms with Gasteiger partial charge in [-0.15, -0.1) is 6.58 Å². The van der Waals surface area contributed by atoms with E-state index in [1.165, 1.54) is 19.3 Å². The zero-order chi connectivity index (χ0) is 22.1. The smallest absolute Gasteiger partial charge is 0.478 e. The summed E-state index contributed by atoms with van der Waals surface area (Å²) in [6.07, 6.45) is 6.11. The van der Waals surface area contributed by atoms with Crippen LogP contribution in [0.1, 0.15) is 47.0 Å². The molecular weight excluding hydrogens is 376 g/mol. The predicted octanol–water partition coefficient (Wildman–Crippen LogP) is 4.38. The Hall–Kier alpha value is -1.86. The highest BCUT2D eigenvalue weighted by atomic mass is 16.7. The molecule has 0 aromatic rings. The van der Waals surface area contributed by atoms with Crippen LogP contribution in [0, 0.1) is 22.7 Å². The number of rotatable bonds is 10. The molecule has 0 aliphatic heterocycles. The summed E-state index contributed by atoms with van der Waals surface area (Å²) in [5, 5.41) is 17.0. The SMILES string of the molecule is C=CCOCCOCCOC(=O)O.CC(=CC1CC2CCC1(C)C2(C)C)C(=O)O. The fourth-order valence-corrected chi connectivity index (χ4v) is 4.47. The molecule has 2 rings (SSSR count). The zero-order valence-electron chi connectivity index (χ0n) is 18.1. The summed E-state index contributed by atoms with van der Waals surface area (Å²) in [6.45, 7) is 13.9. The molecule has 0 amide bonds. The molecule has 2 saturated carbocycles. The number of carbonyl (C=O) groups is 2. The lowest BCUT2D eigenvalue weighted by Crippen LogP contribution is -2.31. The predicted molar refractivity (Wildman–Crippen MR) is 110 cm³/mol. The van der Waals surface area contributed by atoms with Gasteiger partial charge < -0.3 is 24.4 Å². The highest BCUT2D eigenvalue weighted by Gasteiger charge is 2.60. The van der Waals surface area contributed by atoms with E-state index in [1.54, 1.807) is 13.0 Å². The van der Waals surface area contributed by atoms with Gasteiger partial charge in [-0.05, 0) is 48.9 Å². The van der Waals surface area contributed by atoms with Crippen molar-refractivity contribution in [2.75, 3.05) is 33.0 Å². The first-order valence-corrected chi connectivity index (χ1v) is 10.1. The van der Waals surface area contributed by atoms with E-state index in [4.69, 9.17) is 19.7 Å². The number of aliphatic carboxylic acids is 1. The Morgan fingerprint density at radius 1 is 1.10 bits per heavy atom. The van der Waals surface area contributed by atoms with Crippen LogP contribution in [-0.4, -0.2) is 55.4 Å². The highest BCUT2D eigenvalue weighted by molar-refractivity contribution is 5.85. The second-order valence-electron chi connectivity index (χ2n) is 8.46. The first kappa shape index (κ1) is 25.2. The van der Waals surface area contributed by atoms with Crippen molar-refractivity contribution in [1.29, 1.82) is 0 Å². The standard InChI is InChI=1S/C14H22O2.C8H14O5/c1-9(12(15)16)7-11-8-10-5-6-14(11,4)13(10,2)3;1-2-3-11-4-5-12-6-7-13-8(9)10/h7,10-11H,5-6,8H2,1-4H3,(H,15,16);2H,1,3-7H2,(H,9,10). The number of fused-ring (bicyclic) bond motifs is 2. The van der Waals surface area contributed by atoms with Crippen molar-refractivity contribution in [1.82, 2.24) is 0 Å². The molecule has 166 valence electrons. The van der Waals surface area contributed by atoms with Crippen molar-refractivity contribution in [3.63, 3.8) is 0 Å². The first-order chi connectivity index (χ1) is 13.6. The Kier molecular flexibility index (Phi) is 9.86. The maximum absolute atomic E-state index is 10.9. The molecule has 2 fully saturated rings. The second-order valence-corrected chi connectivity index (χ2v) is 8.46. The van der Waals surface area contributed by atoms with Crippen molar-refractivity contribution in [2.24, 2.45) is 22.7 Å². The molecule has 29 heavy (non-hydrogen) atoms. The van der Waals surface area contributed by atoms with E-state index in [1.807, 2.05) is 6.08 Å². The summed E-state index contributed by atoms with van der Waals surface area (Å²) >= 11 is 0. The number of ether oxygens (including phenoxy) is 3. The van der Waals surface area contributed by atoms with Gasteiger partial charge in [0.2, 0.25) is 0 Å². The van der Waals surface area contributed by atoms with Crippen LogP contribution in [0.2, 0.25) is 0 Å². The Bertz CT molecular complexity index is 596. The minimum atomic E-state index is -1.29. The molecule has 0 saturated heterocycles. The Morgan fingerprint density at radius 2 is 1.72 bits per heavy atom. The van der Waals surface area contributed by atoms with Crippen molar-refractivity contribution >= 4 is 12.1 Å². The zero-order valence-corrected chi connectivity index (χ0v) is 18.1. The average Bonchev–Trinajstić information content (AvgIpc) is 2.97. The van der Waals surface area contributed by atoms with Gasteiger partial charge in [0.1, 0.15) is 6.61 Å². The number of hydrogen-bond donors (Lipinski definition) is 2. The number of carboxylic acids is 1. The minimum absolute atomic E-state index is 0.0524. The Morgan fingerprint density at radius 3 is 2.21 bits per heavy atom. The van der Waals surface area contributed by atoms with Gasteiger partial charge in [-0.1, -0.05) is 32.9 Å². The van der Waals surface area contributed by atoms with Crippen LogP contribution in [0.5, 0.6) is 0 Å². The average molecular weight is 413 g/mol. The molecule has 2 aliphatic rings. The van der Waals surface area contributed by atoms with Gasteiger partial charge in [0.05, 0.1) is 26.4 Å². The van der Waals surface area contributed by atoms with E-state index < -0.39 is 12.1 Å². The normalized spacial score (nSPS) is 27.1. The molecule has 3 unspecified atom stereocenters. The molecule has 2 N–H and O–H groups in total. The van der Waals surface area contributed by atoms with E-state index >= 15 is 0 Å². The lowest BCUT2D eigenvalue weighted by Gasteiger charge is -2.38. The fraction of sp³-hybridized carbons (Fsp3) is 0.727. The van der Waals surface area contributed by atoms with Crippen molar-refractivity contribution in [3.8, 4) is 0 Å². The Balaban J connectivity index is 0.000000298. The van der Waals surface area contributed by atoms with Crippen LogP contribution < -0.4 is 0 Å². The van der Waals surface area contributed by atoms with Gasteiger partial charge in [-0.25, -0.2) is 9.59 Å². The molecule has 3 atom stereocenters. The lowest BCUT2D eigenvalue weighted by molar-refractivity contribution is -0.132. The number of hydrogen-bond acceptors (Lipinski definition) is 5. The minimum Gasteiger partial charge on any atom is -0.478 e. The summed E-state index contributed by atoms with van der Waals surface area (Å²) in [6, 6.07) is 0.